The van der Waals surface area contributed by atoms with Crippen molar-refractivity contribution in [3.8, 4) is 0 Å². The Morgan fingerprint density at radius 2 is 1.76 bits per heavy atom. The first-order valence-corrected chi connectivity index (χ1v) is 4.98. The van der Waals surface area contributed by atoms with E-state index in [1.165, 1.54) is 0 Å². The van der Waals surface area contributed by atoms with E-state index in [1.807, 2.05) is 31.2 Å². The lowest BCUT2D eigenvalue weighted by molar-refractivity contribution is -0.136. The van der Waals surface area contributed by atoms with Gasteiger partial charge in [0.1, 0.15) is 0 Å². The van der Waals surface area contributed by atoms with Gasteiger partial charge < -0.3 is 15.3 Å². The summed E-state index contributed by atoms with van der Waals surface area (Å²) in [5.41, 5.74) is 1.93. The molecular weight excluding hydrogens is 224 g/mol. The fourth-order valence-corrected chi connectivity index (χ4v) is 0.971. The molecule has 3 N–H and O–H groups in total. The SMILES string of the molecule is CCO.Cc1ccccc1CC(=O)O.O=CO. The minimum atomic E-state index is -0.778. The third kappa shape index (κ3) is 12.0. The average Bonchev–Trinajstić information content (AvgIpc) is 2.23. The molecule has 0 fully saturated rings. The van der Waals surface area contributed by atoms with E-state index in [2.05, 4.69) is 0 Å². The topological polar surface area (TPSA) is 94.8 Å². The van der Waals surface area contributed by atoms with Gasteiger partial charge in [-0.3, -0.25) is 9.59 Å². The number of rotatable bonds is 2. The highest BCUT2D eigenvalue weighted by atomic mass is 16.4. The van der Waals surface area contributed by atoms with Crippen LogP contribution in [0.25, 0.3) is 0 Å². The van der Waals surface area contributed by atoms with E-state index < -0.39 is 5.97 Å². The summed E-state index contributed by atoms with van der Waals surface area (Å²) in [4.78, 5) is 18.7. The van der Waals surface area contributed by atoms with Gasteiger partial charge in [0.25, 0.3) is 6.47 Å². The lowest BCUT2D eigenvalue weighted by atomic mass is 10.1. The van der Waals surface area contributed by atoms with E-state index in [4.69, 9.17) is 20.1 Å². The normalized spacial score (nSPS) is 7.94. The average molecular weight is 242 g/mol. The van der Waals surface area contributed by atoms with Gasteiger partial charge in [-0.05, 0) is 25.0 Å². The van der Waals surface area contributed by atoms with Crippen molar-refractivity contribution in [2.45, 2.75) is 20.3 Å². The van der Waals surface area contributed by atoms with Gasteiger partial charge in [-0.15, -0.1) is 0 Å². The van der Waals surface area contributed by atoms with E-state index in [-0.39, 0.29) is 19.5 Å². The van der Waals surface area contributed by atoms with Crippen molar-refractivity contribution in [2.75, 3.05) is 6.61 Å². The molecule has 1 aromatic carbocycles. The van der Waals surface area contributed by atoms with Crippen LogP contribution < -0.4 is 0 Å². The van der Waals surface area contributed by atoms with Crippen LogP contribution in [0.2, 0.25) is 0 Å². The van der Waals surface area contributed by atoms with E-state index >= 15 is 0 Å². The number of aryl methyl sites for hydroxylation is 1. The molecule has 0 heterocycles. The number of hydrogen-bond acceptors (Lipinski definition) is 3. The monoisotopic (exact) mass is 242 g/mol. The Morgan fingerprint density at radius 1 is 1.35 bits per heavy atom. The van der Waals surface area contributed by atoms with Crippen LogP contribution in [0.5, 0.6) is 0 Å². The predicted molar refractivity (Wildman–Crippen MR) is 64.0 cm³/mol. The molecule has 1 aromatic rings. The Hall–Kier alpha value is -1.88. The van der Waals surface area contributed by atoms with Crippen LogP contribution in [0.1, 0.15) is 18.1 Å². The molecule has 96 valence electrons. The largest absolute Gasteiger partial charge is 0.483 e. The van der Waals surface area contributed by atoms with Crippen molar-refractivity contribution in [3.05, 3.63) is 35.4 Å². The predicted octanol–water partition coefficient (Wildman–Crippen LogP) is 1.32. The Labute approximate surface area is 100 Å². The van der Waals surface area contributed by atoms with Gasteiger partial charge in [0.15, 0.2) is 0 Å². The van der Waals surface area contributed by atoms with Gasteiger partial charge in [-0.1, -0.05) is 24.3 Å². The molecule has 5 heteroatoms. The van der Waals surface area contributed by atoms with Crippen molar-refractivity contribution in [2.24, 2.45) is 0 Å². The van der Waals surface area contributed by atoms with Crippen LogP contribution in [0, 0.1) is 6.92 Å². The summed E-state index contributed by atoms with van der Waals surface area (Å²) in [6.45, 7) is 3.60. The molecule has 17 heavy (non-hydrogen) atoms. The third-order valence-electron chi connectivity index (χ3n) is 1.60. The van der Waals surface area contributed by atoms with E-state index in [1.54, 1.807) is 6.92 Å². The lowest BCUT2D eigenvalue weighted by Crippen LogP contribution is -2.01. The second-order valence-electron chi connectivity index (χ2n) is 2.92. The zero-order valence-corrected chi connectivity index (χ0v) is 9.96. The third-order valence-corrected chi connectivity index (χ3v) is 1.60. The molecule has 0 saturated heterocycles. The van der Waals surface area contributed by atoms with Gasteiger partial charge in [-0.25, -0.2) is 0 Å². The molecule has 0 aromatic heterocycles. The number of benzene rings is 1. The van der Waals surface area contributed by atoms with Gasteiger partial charge in [0.2, 0.25) is 0 Å². The molecular formula is C12H18O5. The van der Waals surface area contributed by atoms with Gasteiger partial charge in [-0.2, -0.15) is 0 Å². The summed E-state index contributed by atoms with van der Waals surface area (Å²) in [5.74, 6) is -0.778. The molecule has 1 rings (SSSR count). The van der Waals surface area contributed by atoms with Crippen molar-refractivity contribution in [1.82, 2.24) is 0 Å². The quantitative estimate of drug-likeness (QED) is 0.680. The zero-order valence-electron chi connectivity index (χ0n) is 9.96. The number of aliphatic hydroxyl groups is 1. The number of carbonyl (C=O) groups is 2. The minimum Gasteiger partial charge on any atom is -0.483 e. The van der Waals surface area contributed by atoms with E-state index in [0.29, 0.717) is 0 Å². The van der Waals surface area contributed by atoms with Crippen molar-refractivity contribution in [3.63, 3.8) is 0 Å². The molecule has 0 saturated carbocycles. The number of hydrogen-bond donors (Lipinski definition) is 3. The number of aliphatic carboxylic acids is 1. The molecule has 0 atom stereocenters. The summed E-state index contributed by atoms with van der Waals surface area (Å²) in [6, 6.07) is 7.51. The first-order chi connectivity index (χ1) is 8.03. The fraction of sp³-hybridized carbons (Fsp3) is 0.333. The summed E-state index contributed by atoms with van der Waals surface area (Å²) in [7, 11) is 0. The summed E-state index contributed by atoms with van der Waals surface area (Å²) >= 11 is 0. The van der Waals surface area contributed by atoms with Crippen LogP contribution in [-0.2, 0) is 16.0 Å². The van der Waals surface area contributed by atoms with Gasteiger partial charge >= 0.3 is 5.97 Å². The van der Waals surface area contributed by atoms with Crippen LogP contribution in [0.15, 0.2) is 24.3 Å². The van der Waals surface area contributed by atoms with Crippen LogP contribution >= 0.6 is 0 Å². The van der Waals surface area contributed by atoms with Crippen LogP contribution in [0.3, 0.4) is 0 Å². The fourth-order valence-electron chi connectivity index (χ4n) is 0.971. The second-order valence-corrected chi connectivity index (χ2v) is 2.92. The molecule has 0 unspecified atom stereocenters. The smallest absolute Gasteiger partial charge is 0.307 e. The Morgan fingerprint density at radius 3 is 2.12 bits per heavy atom. The van der Waals surface area contributed by atoms with Crippen LogP contribution in [0.4, 0.5) is 0 Å². The highest BCUT2D eigenvalue weighted by Gasteiger charge is 2.01. The maximum Gasteiger partial charge on any atom is 0.307 e. The zero-order chi connectivity index (χ0) is 13.7. The molecule has 0 spiro atoms. The molecule has 5 nitrogen and oxygen atoms in total. The number of carboxylic acids is 1. The number of aliphatic hydroxyl groups excluding tert-OH is 1. The first-order valence-electron chi connectivity index (χ1n) is 4.98. The van der Waals surface area contributed by atoms with Crippen LogP contribution in [-0.4, -0.2) is 34.4 Å². The Balaban J connectivity index is 0. The molecule has 0 bridgehead atoms. The van der Waals surface area contributed by atoms with Crippen molar-refractivity contribution < 1.29 is 24.9 Å². The molecule has 0 aliphatic carbocycles. The maximum absolute atomic E-state index is 10.3. The first kappa shape index (κ1) is 17.5. The molecule has 0 radical (unpaired) electrons. The van der Waals surface area contributed by atoms with E-state index in [9.17, 15) is 4.79 Å². The maximum atomic E-state index is 10.3. The molecule has 0 amide bonds. The summed E-state index contributed by atoms with van der Waals surface area (Å²) in [6.07, 6.45) is 0.118. The Kier molecular flexibility index (Phi) is 12.6. The summed E-state index contributed by atoms with van der Waals surface area (Å²) in [5, 5.41) is 22.9. The highest BCUT2D eigenvalue weighted by Crippen LogP contribution is 2.06. The summed E-state index contributed by atoms with van der Waals surface area (Å²) < 4.78 is 0. The highest BCUT2D eigenvalue weighted by molar-refractivity contribution is 5.70. The number of carboxylic acid groups (broad SMARTS) is 2. The lowest BCUT2D eigenvalue weighted by Gasteiger charge is -1.99. The minimum absolute atomic E-state index is 0.118. The van der Waals surface area contributed by atoms with E-state index in [0.717, 1.165) is 11.1 Å². The van der Waals surface area contributed by atoms with Gasteiger partial charge in [0.05, 0.1) is 6.42 Å². The second kappa shape index (κ2) is 12.2. The van der Waals surface area contributed by atoms with Gasteiger partial charge in [0, 0.05) is 6.61 Å². The molecule has 0 aliphatic heterocycles. The van der Waals surface area contributed by atoms with Crippen molar-refractivity contribution in [1.29, 1.82) is 0 Å². The standard InChI is InChI=1S/C9H10O2.C2H6O.CH2O2/c1-7-4-2-3-5-8(7)6-9(10)11;1-2-3;2-1-3/h2-5H,6H2,1H3,(H,10,11);3H,2H2,1H3;1H,(H,2,3). The Bertz CT molecular complexity index is 322. The molecule has 0 aliphatic rings. The van der Waals surface area contributed by atoms with Crippen molar-refractivity contribution >= 4 is 12.4 Å².